The number of carbonyl (C=O) groups excluding carboxylic acids is 1. The van der Waals surface area contributed by atoms with E-state index in [2.05, 4.69) is 4.74 Å². The van der Waals surface area contributed by atoms with Gasteiger partial charge in [-0.05, 0) is 38.5 Å². The molecular formula is C21H26O5. The van der Waals surface area contributed by atoms with Crippen LogP contribution in [0.15, 0.2) is 65.7 Å². The summed E-state index contributed by atoms with van der Waals surface area (Å²) in [6, 6.07) is 7.76. The van der Waals surface area contributed by atoms with E-state index < -0.39 is 6.16 Å². The van der Waals surface area contributed by atoms with Gasteiger partial charge in [-0.3, -0.25) is 0 Å². The summed E-state index contributed by atoms with van der Waals surface area (Å²) in [5.41, 5.74) is 2.86. The maximum absolute atomic E-state index is 11.3. The van der Waals surface area contributed by atoms with Crippen molar-refractivity contribution in [3.63, 3.8) is 0 Å². The Kier molecular flexibility index (Phi) is 9.39. The predicted octanol–water partition coefficient (Wildman–Crippen LogP) is 5.26. The topological polar surface area (TPSA) is 54.0 Å². The largest absolute Gasteiger partial charge is 0.513 e. The molecule has 1 aromatic rings. The third kappa shape index (κ3) is 7.75. The fourth-order valence-electron chi connectivity index (χ4n) is 1.86. The van der Waals surface area contributed by atoms with Crippen molar-refractivity contribution in [3.05, 3.63) is 71.2 Å². The average molecular weight is 358 g/mol. The Morgan fingerprint density at radius 1 is 1.12 bits per heavy atom. The van der Waals surface area contributed by atoms with Crippen molar-refractivity contribution in [1.29, 1.82) is 0 Å². The molecule has 0 aromatic heterocycles. The monoisotopic (exact) mass is 358 g/mol. The Bertz CT molecular complexity index is 707. The van der Waals surface area contributed by atoms with Gasteiger partial charge in [0.15, 0.2) is 5.76 Å². The molecule has 0 heterocycles. The third-order valence-corrected chi connectivity index (χ3v) is 3.24. The molecule has 1 aromatic carbocycles. The van der Waals surface area contributed by atoms with Gasteiger partial charge in [0, 0.05) is 5.56 Å². The van der Waals surface area contributed by atoms with Gasteiger partial charge in [-0.2, -0.15) is 0 Å². The number of ether oxygens (including phenoxy) is 4. The van der Waals surface area contributed by atoms with Crippen LogP contribution in [-0.2, 0) is 14.2 Å². The molecule has 0 saturated carbocycles. The molecule has 0 N–H and O–H groups in total. The summed E-state index contributed by atoms with van der Waals surface area (Å²) in [6.07, 6.45) is 8.14. The molecule has 0 aliphatic heterocycles. The summed E-state index contributed by atoms with van der Waals surface area (Å²) in [5.74, 6) is 1.07. The first-order valence-corrected chi connectivity index (χ1v) is 8.17. The van der Waals surface area contributed by atoms with Crippen LogP contribution in [0.2, 0.25) is 0 Å². The lowest BCUT2D eigenvalue weighted by Gasteiger charge is -2.08. The lowest BCUT2D eigenvalue weighted by molar-refractivity contribution is 0.0960. The molecule has 0 spiro atoms. The highest BCUT2D eigenvalue weighted by molar-refractivity contribution is 5.62. The van der Waals surface area contributed by atoms with Crippen LogP contribution < -0.4 is 4.74 Å². The minimum atomic E-state index is -0.803. The van der Waals surface area contributed by atoms with E-state index in [0.717, 1.165) is 11.3 Å². The van der Waals surface area contributed by atoms with Crippen molar-refractivity contribution < 1.29 is 23.7 Å². The molecule has 0 aliphatic carbocycles. The summed E-state index contributed by atoms with van der Waals surface area (Å²) in [7, 11) is 2.72. The van der Waals surface area contributed by atoms with E-state index in [1.165, 1.54) is 26.1 Å². The van der Waals surface area contributed by atoms with Gasteiger partial charge in [0.25, 0.3) is 0 Å². The lowest BCUT2D eigenvalue weighted by Crippen LogP contribution is -2.05. The normalized spacial score (nSPS) is 11.9. The summed E-state index contributed by atoms with van der Waals surface area (Å²) in [6.45, 7) is 6.39. The van der Waals surface area contributed by atoms with Crippen LogP contribution in [0.4, 0.5) is 4.79 Å². The second-order valence-electron chi connectivity index (χ2n) is 5.61. The van der Waals surface area contributed by atoms with Crippen molar-refractivity contribution >= 4 is 12.2 Å². The first-order valence-electron chi connectivity index (χ1n) is 8.17. The zero-order valence-corrected chi connectivity index (χ0v) is 15.9. The Hall–Kier alpha value is -2.95. The van der Waals surface area contributed by atoms with Gasteiger partial charge in [-0.15, -0.1) is 0 Å². The maximum Gasteiger partial charge on any atom is 0.513 e. The minimum absolute atomic E-state index is 0.275. The number of para-hydroxylation sites is 1. The number of hydrogen-bond donors (Lipinski definition) is 0. The number of rotatable bonds is 8. The number of allylic oxidation sites excluding steroid dienone is 4. The average Bonchev–Trinajstić information content (AvgIpc) is 2.62. The van der Waals surface area contributed by atoms with Crippen LogP contribution in [0.3, 0.4) is 0 Å². The Labute approximate surface area is 155 Å². The summed E-state index contributed by atoms with van der Waals surface area (Å²) < 4.78 is 20.3. The summed E-state index contributed by atoms with van der Waals surface area (Å²) in [5, 5.41) is 0. The van der Waals surface area contributed by atoms with Gasteiger partial charge < -0.3 is 18.9 Å². The molecule has 0 amide bonds. The zero-order valence-electron chi connectivity index (χ0n) is 15.9. The second-order valence-corrected chi connectivity index (χ2v) is 5.61. The molecule has 140 valence electrons. The molecule has 5 nitrogen and oxygen atoms in total. The fraction of sp³-hybridized carbons (Fsp3) is 0.286. The van der Waals surface area contributed by atoms with E-state index >= 15 is 0 Å². The predicted molar refractivity (Wildman–Crippen MR) is 103 cm³/mol. The lowest BCUT2D eigenvalue weighted by atomic mass is 10.1. The van der Waals surface area contributed by atoms with Gasteiger partial charge in [0.2, 0.25) is 0 Å². The minimum Gasteiger partial charge on any atom is -0.500 e. The SMILES string of the molecule is COC=C(OC(=O)OC)C(C)=CC=Cc1ccccc1OCC=C(C)C. The van der Waals surface area contributed by atoms with Crippen molar-refractivity contribution in [2.45, 2.75) is 20.8 Å². The standard InChI is InChI=1S/C21H26O5/c1-16(2)13-14-25-19-12-7-6-10-18(19)11-8-9-17(3)20(15-23-4)26-21(22)24-5/h6-13,15H,14H2,1-5H3. The smallest absolute Gasteiger partial charge is 0.500 e. The van der Waals surface area contributed by atoms with E-state index in [-0.39, 0.29) is 5.76 Å². The van der Waals surface area contributed by atoms with Crippen molar-refractivity contribution in [1.82, 2.24) is 0 Å². The number of carbonyl (C=O) groups is 1. The number of hydrogen-bond acceptors (Lipinski definition) is 5. The first-order chi connectivity index (χ1) is 12.5. The Balaban J connectivity index is 2.88. The van der Waals surface area contributed by atoms with E-state index in [4.69, 9.17) is 14.2 Å². The van der Waals surface area contributed by atoms with Gasteiger partial charge >= 0.3 is 6.16 Å². The molecule has 0 atom stereocenters. The van der Waals surface area contributed by atoms with Crippen LogP contribution in [0.1, 0.15) is 26.3 Å². The van der Waals surface area contributed by atoms with Crippen LogP contribution in [-0.4, -0.2) is 27.0 Å². The van der Waals surface area contributed by atoms with Crippen molar-refractivity contribution in [2.24, 2.45) is 0 Å². The van der Waals surface area contributed by atoms with Crippen LogP contribution in [0, 0.1) is 0 Å². The first kappa shape index (κ1) is 21.1. The summed E-state index contributed by atoms with van der Waals surface area (Å²) in [4.78, 5) is 11.3. The highest BCUT2D eigenvalue weighted by Crippen LogP contribution is 2.20. The molecule has 0 aliphatic rings. The summed E-state index contributed by atoms with van der Waals surface area (Å²) >= 11 is 0. The highest BCUT2D eigenvalue weighted by atomic mass is 16.7. The van der Waals surface area contributed by atoms with E-state index in [9.17, 15) is 4.79 Å². The maximum atomic E-state index is 11.3. The molecule has 0 radical (unpaired) electrons. The number of benzene rings is 1. The van der Waals surface area contributed by atoms with Crippen LogP contribution >= 0.6 is 0 Å². The molecule has 0 unspecified atom stereocenters. The molecule has 0 fully saturated rings. The molecule has 1 rings (SSSR count). The zero-order chi connectivity index (χ0) is 19.4. The highest BCUT2D eigenvalue weighted by Gasteiger charge is 2.08. The van der Waals surface area contributed by atoms with Crippen molar-refractivity contribution in [2.75, 3.05) is 20.8 Å². The van der Waals surface area contributed by atoms with Gasteiger partial charge in [0.1, 0.15) is 18.6 Å². The van der Waals surface area contributed by atoms with E-state index in [0.29, 0.717) is 12.2 Å². The Morgan fingerprint density at radius 3 is 2.50 bits per heavy atom. The van der Waals surface area contributed by atoms with Gasteiger partial charge in [-0.1, -0.05) is 42.0 Å². The van der Waals surface area contributed by atoms with Gasteiger partial charge in [0.05, 0.1) is 14.2 Å². The van der Waals surface area contributed by atoms with E-state index in [1.54, 1.807) is 13.0 Å². The molecule has 0 saturated heterocycles. The molecule has 5 heteroatoms. The Morgan fingerprint density at radius 2 is 1.85 bits per heavy atom. The fourth-order valence-corrected chi connectivity index (χ4v) is 1.86. The quantitative estimate of drug-likeness (QED) is 0.274. The molecule has 0 bridgehead atoms. The van der Waals surface area contributed by atoms with Crippen LogP contribution in [0.25, 0.3) is 6.08 Å². The molecule has 26 heavy (non-hydrogen) atoms. The van der Waals surface area contributed by atoms with Crippen molar-refractivity contribution in [3.8, 4) is 5.75 Å². The van der Waals surface area contributed by atoms with Gasteiger partial charge in [-0.25, -0.2) is 4.79 Å². The third-order valence-electron chi connectivity index (χ3n) is 3.24. The van der Waals surface area contributed by atoms with Crippen LogP contribution in [0.5, 0.6) is 5.75 Å². The van der Waals surface area contributed by atoms with E-state index in [1.807, 2.05) is 56.3 Å². The molecular weight excluding hydrogens is 332 g/mol. The second kappa shape index (κ2) is 11.6. The number of methoxy groups -OCH3 is 2.